The second-order valence-corrected chi connectivity index (χ2v) is 6.06. The van der Waals surface area contributed by atoms with E-state index in [1.54, 1.807) is 0 Å². The van der Waals surface area contributed by atoms with Crippen molar-refractivity contribution in [3.8, 4) is 0 Å². The SMILES string of the molecule is CC(=O)NC(CC(=O)NCC1(CO)CC1)c1ccc(F)cc1F. The molecular formula is C16H20F2N2O3. The fourth-order valence-electron chi connectivity index (χ4n) is 2.38. The number of nitrogens with one attached hydrogen (secondary N) is 2. The van der Waals surface area contributed by atoms with Gasteiger partial charge in [-0.3, -0.25) is 9.59 Å². The Morgan fingerprint density at radius 2 is 2.04 bits per heavy atom. The molecule has 0 radical (unpaired) electrons. The minimum Gasteiger partial charge on any atom is -0.396 e. The summed E-state index contributed by atoms with van der Waals surface area (Å²) in [5.74, 6) is -2.32. The van der Waals surface area contributed by atoms with Crippen LogP contribution >= 0.6 is 0 Å². The Balaban J connectivity index is 2.03. The molecule has 1 atom stereocenters. The molecule has 1 aromatic carbocycles. The van der Waals surface area contributed by atoms with E-state index in [0.717, 1.165) is 18.9 Å². The zero-order valence-corrected chi connectivity index (χ0v) is 12.9. The first-order valence-electron chi connectivity index (χ1n) is 7.45. The lowest BCUT2D eigenvalue weighted by Crippen LogP contribution is -2.36. The molecule has 0 aliphatic heterocycles. The molecule has 1 saturated carbocycles. The van der Waals surface area contributed by atoms with Crippen molar-refractivity contribution in [1.82, 2.24) is 10.6 Å². The predicted octanol–water partition coefficient (Wildman–Crippen LogP) is 1.42. The van der Waals surface area contributed by atoms with Crippen LogP contribution in [0, 0.1) is 17.0 Å². The molecule has 5 nitrogen and oxygen atoms in total. The van der Waals surface area contributed by atoms with E-state index >= 15 is 0 Å². The number of carbonyl (C=O) groups is 2. The van der Waals surface area contributed by atoms with Gasteiger partial charge in [0.05, 0.1) is 19.1 Å². The molecule has 1 fully saturated rings. The van der Waals surface area contributed by atoms with Crippen LogP contribution in [0.5, 0.6) is 0 Å². The van der Waals surface area contributed by atoms with E-state index in [0.29, 0.717) is 12.6 Å². The Kier molecular flexibility index (Phi) is 5.30. The van der Waals surface area contributed by atoms with Gasteiger partial charge < -0.3 is 15.7 Å². The van der Waals surface area contributed by atoms with Gasteiger partial charge in [-0.25, -0.2) is 8.78 Å². The standard InChI is InChI=1S/C16H20F2N2O3/c1-10(22)20-14(12-3-2-11(17)6-13(12)18)7-15(23)19-8-16(9-21)4-5-16/h2-3,6,14,21H,4-5,7-9H2,1H3,(H,19,23)(H,20,22). The van der Waals surface area contributed by atoms with Gasteiger partial charge in [-0.05, 0) is 18.9 Å². The van der Waals surface area contributed by atoms with Crippen molar-refractivity contribution in [2.45, 2.75) is 32.2 Å². The molecule has 0 heterocycles. The molecule has 0 bridgehead atoms. The molecule has 3 N–H and O–H groups in total. The smallest absolute Gasteiger partial charge is 0.222 e. The van der Waals surface area contributed by atoms with Crippen LogP contribution < -0.4 is 10.6 Å². The normalized spacial score (nSPS) is 16.5. The number of halogens is 2. The number of benzene rings is 1. The molecule has 1 aliphatic rings. The van der Waals surface area contributed by atoms with Crippen LogP contribution in [0.25, 0.3) is 0 Å². The van der Waals surface area contributed by atoms with Gasteiger partial charge in [0.15, 0.2) is 0 Å². The number of hydrogen-bond acceptors (Lipinski definition) is 3. The van der Waals surface area contributed by atoms with E-state index in [1.807, 2.05) is 0 Å². The number of rotatable bonds is 7. The van der Waals surface area contributed by atoms with Crippen molar-refractivity contribution in [3.63, 3.8) is 0 Å². The van der Waals surface area contributed by atoms with E-state index in [9.17, 15) is 23.5 Å². The number of amides is 2. The van der Waals surface area contributed by atoms with Crippen molar-refractivity contribution in [2.24, 2.45) is 5.41 Å². The van der Waals surface area contributed by atoms with Gasteiger partial charge >= 0.3 is 0 Å². The fourth-order valence-corrected chi connectivity index (χ4v) is 2.38. The summed E-state index contributed by atoms with van der Waals surface area (Å²) in [5, 5.41) is 14.4. The third-order valence-electron chi connectivity index (χ3n) is 4.06. The van der Waals surface area contributed by atoms with Gasteiger partial charge in [0.2, 0.25) is 11.8 Å². The molecule has 0 spiro atoms. The minimum absolute atomic E-state index is 0.00892. The summed E-state index contributed by atoms with van der Waals surface area (Å²) in [4.78, 5) is 23.3. The van der Waals surface area contributed by atoms with Gasteiger partial charge in [0.25, 0.3) is 0 Å². The van der Waals surface area contributed by atoms with Crippen LogP contribution in [0.4, 0.5) is 8.78 Å². The van der Waals surface area contributed by atoms with Crippen LogP contribution in [-0.4, -0.2) is 30.1 Å². The van der Waals surface area contributed by atoms with Gasteiger partial charge in [0, 0.05) is 30.5 Å². The lowest BCUT2D eigenvalue weighted by molar-refractivity contribution is -0.123. The molecule has 2 rings (SSSR count). The maximum absolute atomic E-state index is 13.9. The van der Waals surface area contributed by atoms with Crippen molar-refractivity contribution in [2.75, 3.05) is 13.2 Å². The summed E-state index contributed by atoms with van der Waals surface area (Å²) in [7, 11) is 0. The van der Waals surface area contributed by atoms with Crippen LogP contribution in [0.2, 0.25) is 0 Å². The molecule has 1 unspecified atom stereocenters. The molecule has 1 aliphatic carbocycles. The van der Waals surface area contributed by atoms with Crippen LogP contribution in [0.3, 0.4) is 0 Å². The van der Waals surface area contributed by atoms with Gasteiger partial charge in [-0.15, -0.1) is 0 Å². The van der Waals surface area contributed by atoms with Crippen LogP contribution in [0.15, 0.2) is 18.2 Å². The quantitative estimate of drug-likeness (QED) is 0.709. The topological polar surface area (TPSA) is 78.4 Å². The second kappa shape index (κ2) is 7.04. The summed E-state index contributed by atoms with van der Waals surface area (Å²) in [6, 6.07) is 2.13. The minimum atomic E-state index is -0.877. The summed E-state index contributed by atoms with van der Waals surface area (Å²) >= 11 is 0. The number of aliphatic hydroxyl groups is 1. The van der Waals surface area contributed by atoms with E-state index in [1.165, 1.54) is 13.0 Å². The average Bonchev–Trinajstić information content (AvgIpc) is 3.25. The predicted molar refractivity (Wildman–Crippen MR) is 79.3 cm³/mol. The molecule has 23 heavy (non-hydrogen) atoms. The monoisotopic (exact) mass is 326 g/mol. The zero-order chi connectivity index (χ0) is 17.0. The maximum Gasteiger partial charge on any atom is 0.222 e. The van der Waals surface area contributed by atoms with Gasteiger partial charge in [-0.2, -0.15) is 0 Å². The van der Waals surface area contributed by atoms with Crippen molar-refractivity contribution < 1.29 is 23.5 Å². The summed E-state index contributed by atoms with van der Waals surface area (Å²) in [6.45, 7) is 1.62. The van der Waals surface area contributed by atoms with E-state index < -0.39 is 23.6 Å². The van der Waals surface area contributed by atoms with Crippen LogP contribution in [0.1, 0.15) is 37.8 Å². The highest BCUT2D eigenvalue weighted by Crippen LogP contribution is 2.44. The molecule has 0 saturated heterocycles. The first kappa shape index (κ1) is 17.3. The van der Waals surface area contributed by atoms with E-state index in [4.69, 9.17) is 0 Å². The Bertz CT molecular complexity index is 603. The average molecular weight is 326 g/mol. The third kappa shape index (κ3) is 4.72. The Morgan fingerprint density at radius 1 is 1.35 bits per heavy atom. The van der Waals surface area contributed by atoms with Crippen LogP contribution in [-0.2, 0) is 9.59 Å². The van der Waals surface area contributed by atoms with Gasteiger partial charge in [0.1, 0.15) is 11.6 Å². The molecule has 2 amide bonds. The van der Waals surface area contributed by atoms with Crippen molar-refractivity contribution in [3.05, 3.63) is 35.4 Å². The highest BCUT2D eigenvalue weighted by Gasteiger charge is 2.42. The lowest BCUT2D eigenvalue weighted by atomic mass is 10.0. The molecule has 0 aromatic heterocycles. The number of aliphatic hydroxyl groups excluding tert-OH is 1. The van der Waals surface area contributed by atoms with E-state index in [-0.39, 0.29) is 29.9 Å². The van der Waals surface area contributed by atoms with Crippen molar-refractivity contribution >= 4 is 11.8 Å². The zero-order valence-electron chi connectivity index (χ0n) is 12.9. The van der Waals surface area contributed by atoms with Crippen molar-refractivity contribution in [1.29, 1.82) is 0 Å². The largest absolute Gasteiger partial charge is 0.396 e. The number of hydrogen-bond donors (Lipinski definition) is 3. The fraction of sp³-hybridized carbons (Fsp3) is 0.500. The first-order valence-corrected chi connectivity index (χ1v) is 7.45. The summed E-state index contributed by atoms with van der Waals surface area (Å²) in [6.07, 6.45) is 1.54. The third-order valence-corrected chi connectivity index (χ3v) is 4.06. The molecule has 126 valence electrons. The summed E-state index contributed by atoms with van der Waals surface area (Å²) in [5.41, 5.74) is -0.180. The van der Waals surface area contributed by atoms with Gasteiger partial charge in [-0.1, -0.05) is 6.07 Å². The maximum atomic E-state index is 13.9. The second-order valence-electron chi connectivity index (χ2n) is 6.06. The highest BCUT2D eigenvalue weighted by molar-refractivity contribution is 5.79. The van der Waals surface area contributed by atoms with E-state index in [2.05, 4.69) is 10.6 Å². The first-order chi connectivity index (χ1) is 10.8. The highest BCUT2D eigenvalue weighted by atomic mass is 19.1. The molecule has 7 heteroatoms. The number of carbonyl (C=O) groups excluding carboxylic acids is 2. The summed E-state index contributed by atoms with van der Waals surface area (Å²) < 4.78 is 26.9. The lowest BCUT2D eigenvalue weighted by Gasteiger charge is -2.20. The Morgan fingerprint density at radius 3 is 2.57 bits per heavy atom. The molecular weight excluding hydrogens is 306 g/mol. The molecule has 1 aromatic rings. The Labute approximate surface area is 133 Å². The Hall–Kier alpha value is -2.02.